The van der Waals surface area contributed by atoms with Crippen molar-refractivity contribution < 1.29 is 0 Å². The Morgan fingerprint density at radius 1 is 1.04 bits per heavy atom. The van der Waals surface area contributed by atoms with Gasteiger partial charge in [0.15, 0.2) is 0 Å². The molecule has 1 aliphatic rings. The van der Waals surface area contributed by atoms with Crippen LogP contribution in [0.25, 0.3) is 11.3 Å². The minimum absolute atomic E-state index is 0. The highest BCUT2D eigenvalue weighted by Gasteiger charge is 2.16. The van der Waals surface area contributed by atoms with Crippen LogP contribution >= 0.6 is 35.5 Å². The molecule has 0 aliphatic carbocycles. The average Bonchev–Trinajstić information content (AvgIpc) is 3.14. The van der Waals surface area contributed by atoms with Crippen LogP contribution in [0.3, 0.4) is 0 Å². The molecular formula is C21H24ClN3S2. The van der Waals surface area contributed by atoms with Crippen molar-refractivity contribution >= 4 is 46.9 Å². The number of hydrogen-bond acceptors (Lipinski definition) is 5. The first-order chi connectivity index (χ1) is 12.8. The number of nitrogens with zero attached hydrogens (tertiary/aromatic N) is 1. The predicted molar refractivity (Wildman–Crippen MR) is 120 cm³/mol. The fraction of sp³-hybridized carbons (Fsp3) is 0.286. The van der Waals surface area contributed by atoms with Gasteiger partial charge >= 0.3 is 0 Å². The number of hydrogen-bond donors (Lipinski definition) is 2. The van der Waals surface area contributed by atoms with Gasteiger partial charge in [-0.25, -0.2) is 4.98 Å². The molecule has 1 aromatic heterocycles. The van der Waals surface area contributed by atoms with E-state index in [2.05, 4.69) is 65.4 Å². The summed E-state index contributed by atoms with van der Waals surface area (Å²) in [5.74, 6) is 0. The number of halogens is 1. The minimum atomic E-state index is 0. The highest BCUT2D eigenvalue weighted by molar-refractivity contribution is 7.99. The summed E-state index contributed by atoms with van der Waals surface area (Å²) in [6, 6.07) is 15.0. The molecule has 0 saturated heterocycles. The lowest BCUT2D eigenvalue weighted by atomic mass is 10.1. The smallest absolute Gasteiger partial charge is 0.107 e. The number of nitrogens with one attached hydrogen (secondary N) is 2. The van der Waals surface area contributed by atoms with Crippen LogP contribution in [0.1, 0.15) is 31.2 Å². The highest BCUT2D eigenvalue weighted by atomic mass is 35.5. The molecule has 0 bridgehead atoms. The Labute approximate surface area is 175 Å². The van der Waals surface area contributed by atoms with E-state index in [-0.39, 0.29) is 12.4 Å². The summed E-state index contributed by atoms with van der Waals surface area (Å²) in [5, 5.41) is 10.4. The first-order valence-electron chi connectivity index (χ1n) is 9.17. The summed E-state index contributed by atoms with van der Waals surface area (Å²) in [4.78, 5) is 7.35. The van der Waals surface area contributed by atoms with Crippen molar-refractivity contribution in [3.05, 3.63) is 52.9 Å². The SMILES string of the molecule is CCCCCNCc1nc(-c2ccc3c(c2)Nc2ccccc2S3)cs1.Cl. The van der Waals surface area contributed by atoms with Gasteiger partial charge in [0.25, 0.3) is 0 Å². The number of thiazole rings is 1. The predicted octanol–water partition coefficient (Wildman–Crippen LogP) is 6.72. The number of para-hydroxylation sites is 1. The van der Waals surface area contributed by atoms with Crippen molar-refractivity contribution in [2.75, 3.05) is 11.9 Å². The second kappa shape index (κ2) is 9.60. The third-order valence-electron chi connectivity index (χ3n) is 4.44. The van der Waals surface area contributed by atoms with Gasteiger partial charge in [-0.15, -0.1) is 23.7 Å². The van der Waals surface area contributed by atoms with Crippen molar-refractivity contribution in [1.29, 1.82) is 0 Å². The van der Waals surface area contributed by atoms with Crippen LogP contribution in [0.4, 0.5) is 11.4 Å². The molecule has 0 saturated carbocycles. The van der Waals surface area contributed by atoms with E-state index in [0.29, 0.717) is 0 Å². The lowest BCUT2D eigenvalue weighted by Crippen LogP contribution is -2.14. The maximum atomic E-state index is 4.81. The van der Waals surface area contributed by atoms with Gasteiger partial charge in [0.2, 0.25) is 0 Å². The second-order valence-corrected chi connectivity index (χ2v) is 8.47. The van der Waals surface area contributed by atoms with Gasteiger partial charge < -0.3 is 10.6 Å². The monoisotopic (exact) mass is 417 g/mol. The average molecular weight is 418 g/mol. The molecule has 4 rings (SSSR count). The van der Waals surface area contributed by atoms with Crippen LogP contribution in [-0.4, -0.2) is 11.5 Å². The van der Waals surface area contributed by atoms with Gasteiger partial charge in [0, 0.05) is 27.3 Å². The summed E-state index contributed by atoms with van der Waals surface area (Å²) in [6.07, 6.45) is 3.79. The maximum Gasteiger partial charge on any atom is 0.107 e. The Morgan fingerprint density at radius 2 is 1.89 bits per heavy atom. The number of anilines is 2. The van der Waals surface area contributed by atoms with Crippen molar-refractivity contribution in [3.63, 3.8) is 0 Å². The highest BCUT2D eigenvalue weighted by Crippen LogP contribution is 2.45. The van der Waals surface area contributed by atoms with E-state index in [1.54, 1.807) is 11.3 Å². The molecule has 2 heterocycles. The van der Waals surface area contributed by atoms with E-state index in [4.69, 9.17) is 4.98 Å². The third kappa shape index (κ3) is 4.85. The van der Waals surface area contributed by atoms with Gasteiger partial charge in [-0.2, -0.15) is 0 Å². The number of benzene rings is 2. The summed E-state index contributed by atoms with van der Waals surface area (Å²) in [5.41, 5.74) is 4.58. The van der Waals surface area contributed by atoms with Crippen LogP contribution in [0.5, 0.6) is 0 Å². The van der Waals surface area contributed by atoms with Crippen molar-refractivity contribution in [2.45, 2.75) is 42.5 Å². The fourth-order valence-electron chi connectivity index (χ4n) is 3.02. The molecule has 27 heavy (non-hydrogen) atoms. The van der Waals surface area contributed by atoms with Crippen LogP contribution in [0, 0.1) is 0 Å². The third-order valence-corrected chi connectivity index (χ3v) is 6.44. The van der Waals surface area contributed by atoms with Crippen molar-refractivity contribution in [3.8, 4) is 11.3 Å². The largest absolute Gasteiger partial charge is 0.354 e. The molecule has 142 valence electrons. The molecule has 0 spiro atoms. The molecular weight excluding hydrogens is 394 g/mol. The van der Waals surface area contributed by atoms with Crippen molar-refractivity contribution in [2.24, 2.45) is 0 Å². The number of fused-ring (bicyclic) bond motifs is 2. The summed E-state index contributed by atoms with van der Waals surface area (Å²) < 4.78 is 0. The normalized spacial score (nSPS) is 11.9. The molecule has 0 unspecified atom stereocenters. The van der Waals surface area contributed by atoms with Crippen LogP contribution in [0.15, 0.2) is 57.6 Å². The van der Waals surface area contributed by atoms with Gasteiger partial charge in [-0.05, 0) is 37.2 Å². The molecule has 3 nitrogen and oxygen atoms in total. The zero-order chi connectivity index (χ0) is 17.8. The van der Waals surface area contributed by atoms with E-state index in [9.17, 15) is 0 Å². The topological polar surface area (TPSA) is 37.0 Å². The van der Waals surface area contributed by atoms with E-state index in [0.717, 1.165) is 23.8 Å². The molecule has 3 aromatic rings. The van der Waals surface area contributed by atoms with Crippen LogP contribution in [-0.2, 0) is 6.54 Å². The zero-order valence-electron chi connectivity index (χ0n) is 15.3. The molecule has 2 N–H and O–H groups in total. The number of aromatic nitrogens is 1. The molecule has 0 amide bonds. The van der Waals surface area contributed by atoms with Gasteiger partial charge in [0.1, 0.15) is 5.01 Å². The Hall–Kier alpha value is -1.53. The van der Waals surface area contributed by atoms with E-state index in [1.165, 1.54) is 46.0 Å². The first-order valence-corrected chi connectivity index (χ1v) is 10.9. The number of unbranched alkanes of at least 4 members (excludes halogenated alkanes) is 2. The number of rotatable bonds is 7. The fourth-order valence-corrected chi connectivity index (χ4v) is 4.76. The quantitative estimate of drug-likeness (QED) is 0.327. The van der Waals surface area contributed by atoms with E-state index >= 15 is 0 Å². The Kier molecular flexibility index (Phi) is 7.19. The van der Waals surface area contributed by atoms with Crippen molar-refractivity contribution in [1.82, 2.24) is 10.3 Å². The van der Waals surface area contributed by atoms with Gasteiger partial charge in [-0.1, -0.05) is 49.7 Å². The van der Waals surface area contributed by atoms with Crippen LogP contribution in [0.2, 0.25) is 0 Å². The standard InChI is InChI=1S/C21H23N3S2.ClH/c1-2-3-6-11-22-13-21-24-18(14-25-21)15-9-10-20-17(12-15)23-16-7-4-5-8-19(16)26-20;/h4-5,7-10,12,14,22-23H,2-3,6,11,13H2,1H3;1H. The Balaban J connectivity index is 0.00000210. The van der Waals surface area contributed by atoms with Gasteiger partial charge in [-0.3, -0.25) is 0 Å². The summed E-state index contributed by atoms with van der Waals surface area (Å²) >= 11 is 3.55. The zero-order valence-corrected chi connectivity index (χ0v) is 17.8. The lowest BCUT2D eigenvalue weighted by molar-refractivity contribution is 0.615. The van der Waals surface area contributed by atoms with E-state index in [1.807, 2.05) is 11.8 Å². The summed E-state index contributed by atoms with van der Waals surface area (Å²) in [6.45, 7) is 4.17. The molecule has 0 radical (unpaired) electrons. The minimum Gasteiger partial charge on any atom is -0.354 e. The molecule has 0 atom stereocenters. The molecule has 0 fully saturated rings. The molecule has 6 heteroatoms. The van der Waals surface area contributed by atoms with Gasteiger partial charge in [0.05, 0.1) is 17.1 Å². The van der Waals surface area contributed by atoms with Crippen LogP contribution < -0.4 is 10.6 Å². The Morgan fingerprint density at radius 3 is 2.78 bits per heavy atom. The Bertz CT molecular complexity index is 895. The second-order valence-electron chi connectivity index (χ2n) is 6.44. The summed E-state index contributed by atoms with van der Waals surface area (Å²) in [7, 11) is 0. The molecule has 1 aliphatic heterocycles. The van der Waals surface area contributed by atoms with E-state index < -0.39 is 0 Å². The molecule has 2 aromatic carbocycles. The maximum absolute atomic E-state index is 4.81. The lowest BCUT2D eigenvalue weighted by Gasteiger charge is -2.21. The first kappa shape index (κ1) is 20.2.